The molecule has 1 amide bonds. The van der Waals surface area contributed by atoms with E-state index in [2.05, 4.69) is 4.98 Å². The predicted molar refractivity (Wildman–Crippen MR) is 83.9 cm³/mol. The highest BCUT2D eigenvalue weighted by molar-refractivity contribution is 7.12. The van der Waals surface area contributed by atoms with Crippen LogP contribution in [0.5, 0.6) is 0 Å². The van der Waals surface area contributed by atoms with Gasteiger partial charge < -0.3 is 5.73 Å². The van der Waals surface area contributed by atoms with Crippen LogP contribution in [0.25, 0.3) is 0 Å². The summed E-state index contributed by atoms with van der Waals surface area (Å²) < 4.78 is 0. The monoisotopic (exact) mass is 313 g/mol. The molecule has 2 N–H and O–H groups in total. The number of nitrogens with two attached hydrogens (primary N) is 1. The molecule has 1 aromatic heterocycles. The lowest BCUT2D eigenvalue weighted by molar-refractivity contribution is 0.0973. The second-order valence-corrected chi connectivity index (χ2v) is 6.01. The van der Waals surface area contributed by atoms with Gasteiger partial charge in [-0.15, -0.1) is 11.3 Å². The zero-order valence-electron chi connectivity index (χ0n) is 12.3. The number of amides is 1. The Morgan fingerprint density at radius 2 is 1.91 bits per heavy atom. The van der Waals surface area contributed by atoms with Crippen molar-refractivity contribution in [1.29, 1.82) is 5.26 Å². The van der Waals surface area contributed by atoms with Crippen LogP contribution in [0.3, 0.4) is 0 Å². The van der Waals surface area contributed by atoms with E-state index in [0.717, 1.165) is 17.0 Å². The minimum atomic E-state index is -0.927. The topological polar surface area (TPSA) is 96.8 Å². The number of ketones is 1. The summed E-state index contributed by atoms with van der Waals surface area (Å²) in [6.45, 7) is 3.91. The van der Waals surface area contributed by atoms with Crippen molar-refractivity contribution in [3.05, 3.63) is 51.0 Å². The molecule has 1 aromatic carbocycles. The molecule has 0 aliphatic heterocycles. The molecule has 6 heteroatoms. The Kier molecular flexibility index (Phi) is 4.68. The van der Waals surface area contributed by atoms with Crippen LogP contribution in [0.2, 0.25) is 0 Å². The lowest BCUT2D eigenvalue weighted by Gasteiger charge is -2.05. The summed E-state index contributed by atoms with van der Waals surface area (Å²) in [5.74, 6) is -1.81. The molecule has 0 saturated heterocycles. The molecular formula is C16H15N3O2S. The van der Waals surface area contributed by atoms with Crippen molar-refractivity contribution >= 4 is 23.0 Å². The van der Waals surface area contributed by atoms with Gasteiger partial charge in [0.2, 0.25) is 5.91 Å². The minimum Gasteiger partial charge on any atom is -0.366 e. The predicted octanol–water partition coefficient (Wildman–Crippen LogP) is 2.60. The first-order chi connectivity index (χ1) is 10.5. The van der Waals surface area contributed by atoms with E-state index in [-0.39, 0.29) is 5.78 Å². The molecule has 0 spiro atoms. The molecule has 22 heavy (non-hydrogen) atoms. The number of primary amides is 1. The maximum absolute atomic E-state index is 12.5. The van der Waals surface area contributed by atoms with E-state index in [1.807, 2.05) is 19.9 Å². The highest BCUT2D eigenvalue weighted by atomic mass is 32.1. The number of benzene rings is 1. The number of rotatable bonds is 5. The first-order valence-electron chi connectivity index (χ1n) is 6.77. The molecule has 0 unspecified atom stereocenters. The van der Waals surface area contributed by atoms with Gasteiger partial charge in [-0.25, -0.2) is 4.98 Å². The number of hydrogen-bond donors (Lipinski definition) is 1. The summed E-state index contributed by atoms with van der Waals surface area (Å²) in [5.41, 5.74) is 6.77. The number of nitrogens with zero attached hydrogens (tertiary/aromatic N) is 2. The number of aryl methyl sites for hydroxylation is 2. The number of thiazole rings is 1. The fourth-order valence-corrected chi connectivity index (χ4v) is 3.15. The van der Waals surface area contributed by atoms with Gasteiger partial charge in [0.15, 0.2) is 11.7 Å². The van der Waals surface area contributed by atoms with Gasteiger partial charge in [0.25, 0.3) is 0 Å². The van der Waals surface area contributed by atoms with E-state index in [4.69, 9.17) is 5.73 Å². The molecular weight excluding hydrogens is 298 g/mol. The lowest BCUT2D eigenvalue weighted by atomic mass is 9.98. The van der Waals surface area contributed by atoms with Crippen molar-refractivity contribution in [2.45, 2.75) is 26.2 Å². The molecule has 0 radical (unpaired) electrons. The molecule has 2 rings (SSSR count). The minimum absolute atomic E-state index is 0.323. The zero-order chi connectivity index (χ0) is 16.3. The van der Waals surface area contributed by atoms with Gasteiger partial charge in [-0.05, 0) is 25.5 Å². The average Bonchev–Trinajstić information content (AvgIpc) is 2.88. The Balaban J connectivity index is 2.32. The van der Waals surface area contributed by atoms with Crippen LogP contribution < -0.4 is 5.73 Å². The van der Waals surface area contributed by atoms with Crippen LogP contribution in [0.1, 0.15) is 49.1 Å². The quantitative estimate of drug-likeness (QED) is 0.858. The van der Waals surface area contributed by atoms with Crippen molar-refractivity contribution in [3.8, 4) is 6.07 Å². The first kappa shape index (κ1) is 15.9. The zero-order valence-corrected chi connectivity index (χ0v) is 13.1. The molecule has 0 fully saturated rings. The van der Waals surface area contributed by atoms with Gasteiger partial charge in [0.05, 0.1) is 11.8 Å². The van der Waals surface area contributed by atoms with E-state index in [0.29, 0.717) is 16.1 Å². The second kappa shape index (κ2) is 6.50. The maximum Gasteiger partial charge on any atom is 0.248 e. The van der Waals surface area contributed by atoms with Gasteiger partial charge in [-0.2, -0.15) is 5.26 Å². The van der Waals surface area contributed by atoms with E-state index >= 15 is 0 Å². The van der Waals surface area contributed by atoms with Crippen molar-refractivity contribution in [2.24, 2.45) is 5.73 Å². The van der Waals surface area contributed by atoms with Crippen molar-refractivity contribution in [2.75, 3.05) is 0 Å². The Hall–Kier alpha value is -2.52. The number of carbonyl (C=O) groups is 2. The lowest BCUT2D eigenvalue weighted by Crippen LogP contribution is -2.13. The van der Waals surface area contributed by atoms with E-state index in [1.165, 1.54) is 35.6 Å². The summed E-state index contributed by atoms with van der Waals surface area (Å²) >= 11 is 1.37. The van der Waals surface area contributed by atoms with Crippen LogP contribution >= 0.6 is 11.3 Å². The van der Waals surface area contributed by atoms with E-state index < -0.39 is 11.8 Å². The number of hydrogen-bond acceptors (Lipinski definition) is 5. The summed E-state index contributed by atoms with van der Waals surface area (Å²) in [6.07, 6.45) is 0.766. The molecule has 0 aliphatic rings. The number of carbonyl (C=O) groups excluding carboxylic acids is 2. The Bertz CT molecular complexity index is 757. The molecule has 1 atom stereocenters. The molecule has 2 aromatic rings. The largest absolute Gasteiger partial charge is 0.366 e. The summed E-state index contributed by atoms with van der Waals surface area (Å²) in [5, 5.41) is 9.86. The number of nitriles is 1. The van der Waals surface area contributed by atoms with Gasteiger partial charge in [0, 0.05) is 16.0 Å². The van der Waals surface area contributed by atoms with Crippen LogP contribution in [0, 0.1) is 18.3 Å². The van der Waals surface area contributed by atoms with Crippen LogP contribution in [-0.4, -0.2) is 16.7 Å². The van der Waals surface area contributed by atoms with Crippen LogP contribution in [0.4, 0.5) is 0 Å². The van der Waals surface area contributed by atoms with Crippen molar-refractivity contribution in [3.63, 3.8) is 0 Å². The van der Waals surface area contributed by atoms with E-state index in [1.54, 1.807) is 0 Å². The average molecular weight is 313 g/mol. The summed E-state index contributed by atoms with van der Waals surface area (Å²) in [7, 11) is 0. The maximum atomic E-state index is 12.5. The molecule has 1 heterocycles. The Morgan fingerprint density at radius 1 is 1.32 bits per heavy atom. The first-order valence-corrected chi connectivity index (χ1v) is 7.59. The fourth-order valence-electron chi connectivity index (χ4n) is 2.09. The summed E-state index contributed by atoms with van der Waals surface area (Å²) in [4.78, 5) is 29.0. The third-order valence-corrected chi connectivity index (χ3v) is 4.41. The third-order valence-electron chi connectivity index (χ3n) is 3.34. The molecule has 5 nitrogen and oxygen atoms in total. The van der Waals surface area contributed by atoms with E-state index in [9.17, 15) is 14.9 Å². The number of Topliss-reactive ketones (excluding diaryl/α,β-unsaturated/α-hetero) is 1. The molecule has 0 saturated carbocycles. The van der Waals surface area contributed by atoms with Crippen molar-refractivity contribution in [1.82, 2.24) is 4.98 Å². The molecule has 0 aliphatic carbocycles. The smallest absolute Gasteiger partial charge is 0.248 e. The normalized spacial score (nSPS) is 11.7. The SMILES string of the molecule is CCc1nc([C@H](C#N)C(=O)c2ccc(C(N)=O)cc2)sc1C. The number of aromatic nitrogens is 1. The van der Waals surface area contributed by atoms with Gasteiger partial charge in [0.1, 0.15) is 5.01 Å². The molecule has 0 bridgehead atoms. The van der Waals surface area contributed by atoms with Gasteiger partial charge >= 0.3 is 0 Å². The third kappa shape index (κ3) is 3.05. The van der Waals surface area contributed by atoms with Crippen LogP contribution in [-0.2, 0) is 6.42 Å². The standard InChI is InChI=1S/C16H15N3O2S/c1-3-13-9(2)22-16(19-13)12(8-17)14(20)10-4-6-11(7-5-10)15(18)21/h4-7,12H,3H2,1-2H3,(H2,18,21)/t12-/m1/s1. The summed E-state index contributed by atoms with van der Waals surface area (Å²) in [6, 6.07) is 8.00. The van der Waals surface area contributed by atoms with Gasteiger partial charge in [-0.3, -0.25) is 9.59 Å². The highest BCUT2D eigenvalue weighted by Gasteiger charge is 2.25. The Morgan fingerprint density at radius 3 is 2.36 bits per heavy atom. The van der Waals surface area contributed by atoms with Crippen LogP contribution in [0.15, 0.2) is 24.3 Å². The second-order valence-electron chi connectivity index (χ2n) is 4.78. The molecule has 112 valence electrons. The van der Waals surface area contributed by atoms with Gasteiger partial charge in [-0.1, -0.05) is 19.1 Å². The van der Waals surface area contributed by atoms with Crippen molar-refractivity contribution < 1.29 is 9.59 Å². The highest BCUT2D eigenvalue weighted by Crippen LogP contribution is 2.27. The fraction of sp³-hybridized carbons (Fsp3) is 0.250. The Labute approximate surface area is 132 Å².